The van der Waals surface area contributed by atoms with Crippen molar-refractivity contribution < 1.29 is 28.8 Å². The first-order valence-corrected chi connectivity index (χ1v) is 8.42. The van der Waals surface area contributed by atoms with E-state index in [9.17, 15) is 4.79 Å². The zero-order valence-corrected chi connectivity index (χ0v) is 16.3. The first-order chi connectivity index (χ1) is 14.0. The number of nitrogens with one attached hydrogen (secondary N) is 2. The Bertz CT molecular complexity index is 1010. The van der Waals surface area contributed by atoms with Crippen molar-refractivity contribution in [1.29, 1.82) is 0 Å². The Morgan fingerprint density at radius 3 is 2.14 bits per heavy atom. The zero-order valence-electron chi connectivity index (χ0n) is 16.3. The number of H-pyrrole nitrogens is 1. The molecule has 1 heterocycles. The minimum Gasteiger partial charge on any atom is -0.495 e. The third-order valence-corrected chi connectivity index (χ3v) is 4.22. The summed E-state index contributed by atoms with van der Waals surface area (Å²) < 4.78 is 21.4. The van der Waals surface area contributed by atoms with E-state index >= 15 is 0 Å². The van der Waals surface area contributed by atoms with Crippen LogP contribution in [0.3, 0.4) is 0 Å². The molecule has 2 aromatic carbocycles. The molecule has 29 heavy (non-hydrogen) atoms. The maximum absolute atomic E-state index is 11.1. The first-order valence-electron chi connectivity index (χ1n) is 8.42. The highest BCUT2D eigenvalue weighted by molar-refractivity contribution is 5.88. The lowest BCUT2D eigenvalue weighted by Crippen LogP contribution is -2.08. The lowest BCUT2D eigenvalue weighted by molar-refractivity contribution is 0.209. The molecule has 0 aliphatic rings. The molecule has 10 nitrogen and oxygen atoms in total. The third kappa shape index (κ3) is 3.86. The van der Waals surface area contributed by atoms with Crippen LogP contribution in [0.5, 0.6) is 23.0 Å². The Balaban J connectivity index is 2.12. The van der Waals surface area contributed by atoms with E-state index < -0.39 is 6.09 Å². The van der Waals surface area contributed by atoms with E-state index in [2.05, 4.69) is 20.7 Å². The zero-order chi connectivity index (χ0) is 21.0. The molecule has 0 saturated carbocycles. The smallest absolute Gasteiger partial charge is 0.409 e. The van der Waals surface area contributed by atoms with Gasteiger partial charge in [-0.1, -0.05) is 5.21 Å². The second-order valence-corrected chi connectivity index (χ2v) is 5.79. The highest BCUT2D eigenvalue weighted by Gasteiger charge is 2.19. The van der Waals surface area contributed by atoms with Gasteiger partial charge in [-0.05, 0) is 30.3 Å². The highest BCUT2D eigenvalue weighted by atomic mass is 16.5. The molecule has 0 aliphatic heterocycles. The molecular weight excluding hydrogens is 380 g/mol. The number of methoxy groups -OCH3 is 4. The van der Waals surface area contributed by atoms with Crippen molar-refractivity contribution in [2.45, 2.75) is 0 Å². The van der Waals surface area contributed by atoms with Crippen LogP contribution in [-0.2, 0) is 0 Å². The van der Waals surface area contributed by atoms with Crippen LogP contribution in [0.2, 0.25) is 0 Å². The monoisotopic (exact) mass is 400 g/mol. The number of carbonyl (C=O) groups is 1. The normalized spacial score (nSPS) is 10.3. The Kier molecular flexibility index (Phi) is 5.72. The maximum atomic E-state index is 11.1. The average Bonchev–Trinajstić information content (AvgIpc) is 3.22. The van der Waals surface area contributed by atoms with Crippen LogP contribution in [0.4, 0.5) is 10.5 Å². The fraction of sp³-hybridized carbons (Fsp3) is 0.211. The molecule has 3 aromatic rings. The lowest BCUT2D eigenvalue weighted by Gasteiger charge is -2.14. The van der Waals surface area contributed by atoms with Crippen LogP contribution >= 0.6 is 0 Å². The number of anilines is 1. The number of hydrogen-bond acceptors (Lipinski definition) is 7. The van der Waals surface area contributed by atoms with Crippen molar-refractivity contribution in [2.24, 2.45) is 0 Å². The second kappa shape index (κ2) is 8.38. The van der Waals surface area contributed by atoms with E-state index in [-0.39, 0.29) is 0 Å². The minimum atomic E-state index is -1.20. The van der Waals surface area contributed by atoms with Gasteiger partial charge in [0.2, 0.25) is 5.75 Å². The molecule has 0 radical (unpaired) electrons. The van der Waals surface area contributed by atoms with Crippen molar-refractivity contribution >= 4 is 11.8 Å². The number of hydrogen-bond donors (Lipinski definition) is 3. The van der Waals surface area contributed by atoms with Crippen LogP contribution < -0.4 is 24.3 Å². The van der Waals surface area contributed by atoms with E-state index in [0.29, 0.717) is 51.2 Å². The number of rotatable bonds is 7. The van der Waals surface area contributed by atoms with Gasteiger partial charge in [-0.2, -0.15) is 0 Å². The molecule has 1 amide bonds. The van der Waals surface area contributed by atoms with E-state index in [1.807, 2.05) is 0 Å². The van der Waals surface area contributed by atoms with Crippen molar-refractivity contribution in [3.05, 3.63) is 30.3 Å². The van der Waals surface area contributed by atoms with Crippen molar-refractivity contribution in [3.8, 4) is 45.5 Å². The van der Waals surface area contributed by atoms with E-state index in [1.165, 1.54) is 28.4 Å². The lowest BCUT2D eigenvalue weighted by atomic mass is 10.0. The van der Waals surface area contributed by atoms with Gasteiger partial charge in [0, 0.05) is 11.1 Å². The fourth-order valence-corrected chi connectivity index (χ4v) is 2.93. The standard InChI is InChI=1S/C19H20N4O6/c1-26-13-6-5-10(7-12(13)20-19(24)25)16-17(22-23-21-16)11-8-14(27-2)18(29-4)15(9-11)28-3/h5-9,20H,1-4H3,(H,24,25)(H,21,22,23). The SMILES string of the molecule is COc1ccc(-c2[nH]nnc2-c2cc(OC)c(OC)c(OC)c2)cc1NC(=O)O. The molecule has 0 atom stereocenters. The van der Waals surface area contributed by atoms with Crippen molar-refractivity contribution in [2.75, 3.05) is 33.8 Å². The molecule has 0 aliphatic carbocycles. The molecule has 0 bridgehead atoms. The summed E-state index contributed by atoms with van der Waals surface area (Å²) in [6.07, 6.45) is -1.20. The Morgan fingerprint density at radius 2 is 1.59 bits per heavy atom. The van der Waals surface area contributed by atoms with E-state index in [4.69, 9.17) is 24.1 Å². The third-order valence-electron chi connectivity index (χ3n) is 4.22. The van der Waals surface area contributed by atoms with Gasteiger partial charge in [-0.25, -0.2) is 4.79 Å². The molecule has 0 unspecified atom stereocenters. The summed E-state index contributed by atoms with van der Waals surface area (Å²) in [4.78, 5) is 11.1. The molecule has 1 aromatic heterocycles. The number of aromatic nitrogens is 3. The van der Waals surface area contributed by atoms with E-state index in [0.717, 1.165) is 0 Å². The first kappa shape index (κ1) is 19.8. The molecule has 0 fully saturated rings. The molecular formula is C19H20N4O6. The van der Waals surface area contributed by atoms with Gasteiger partial charge in [0.25, 0.3) is 0 Å². The summed E-state index contributed by atoms with van der Waals surface area (Å²) in [5, 5.41) is 22.3. The predicted molar refractivity (Wildman–Crippen MR) is 105 cm³/mol. The number of benzene rings is 2. The molecule has 3 N–H and O–H groups in total. The van der Waals surface area contributed by atoms with Crippen LogP contribution in [-0.4, -0.2) is 55.0 Å². The highest BCUT2D eigenvalue weighted by Crippen LogP contribution is 2.42. The summed E-state index contributed by atoms with van der Waals surface area (Å²) in [5.74, 6) is 1.79. The predicted octanol–water partition coefficient (Wildman–Crippen LogP) is 3.26. The number of aromatic amines is 1. The van der Waals surface area contributed by atoms with Gasteiger partial charge in [0.05, 0.1) is 39.8 Å². The summed E-state index contributed by atoms with van der Waals surface area (Å²) in [6.45, 7) is 0. The summed E-state index contributed by atoms with van der Waals surface area (Å²) in [5.41, 5.74) is 2.73. The Morgan fingerprint density at radius 1 is 0.931 bits per heavy atom. The molecule has 3 rings (SSSR count). The van der Waals surface area contributed by atoms with Crippen molar-refractivity contribution in [3.63, 3.8) is 0 Å². The Labute approximate surface area is 166 Å². The summed E-state index contributed by atoms with van der Waals surface area (Å²) in [6, 6.07) is 8.55. The van der Waals surface area contributed by atoms with Gasteiger partial charge in [0.1, 0.15) is 11.4 Å². The molecule has 152 valence electrons. The van der Waals surface area contributed by atoms with Crippen LogP contribution in [0.1, 0.15) is 0 Å². The average molecular weight is 400 g/mol. The van der Waals surface area contributed by atoms with Crippen LogP contribution in [0.25, 0.3) is 22.5 Å². The number of carboxylic acid groups (broad SMARTS) is 1. The molecule has 0 spiro atoms. The van der Waals surface area contributed by atoms with Gasteiger partial charge < -0.3 is 24.1 Å². The number of amides is 1. The van der Waals surface area contributed by atoms with Gasteiger partial charge in [-0.15, -0.1) is 5.10 Å². The van der Waals surface area contributed by atoms with Gasteiger partial charge in [-0.3, -0.25) is 10.4 Å². The quantitative estimate of drug-likeness (QED) is 0.551. The number of ether oxygens (including phenoxy) is 4. The maximum Gasteiger partial charge on any atom is 0.409 e. The Hall–Kier alpha value is -3.95. The molecule has 10 heteroatoms. The second-order valence-electron chi connectivity index (χ2n) is 5.79. The molecule has 0 saturated heterocycles. The van der Waals surface area contributed by atoms with Gasteiger partial charge in [0.15, 0.2) is 11.5 Å². The van der Waals surface area contributed by atoms with Crippen molar-refractivity contribution in [1.82, 2.24) is 15.4 Å². The van der Waals surface area contributed by atoms with Gasteiger partial charge >= 0.3 is 6.09 Å². The largest absolute Gasteiger partial charge is 0.495 e. The van der Waals surface area contributed by atoms with E-state index in [1.54, 1.807) is 30.3 Å². The number of nitrogens with zero attached hydrogens (tertiary/aromatic N) is 2. The van der Waals surface area contributed by atoms with Crippen LogP contribution in [0.15, 0.2) is 30.3 Å². The van der Waals surface area contributed by atoms with Crippen LogP contribution in [0, 0.1) is 0 Å². The summed E-state index contributed by atoms with van der Waals surface area (Å²) in [7, 11) is 6.03. The fourth-order valence-electron chi connectivity index (χ4n) is 2.93. The summed E-state index contributed by atoms with van der Waals surface area (Å²) >= 11 is 0. The minimum absolute atomic E-state index is 0.294. The topological polar surface area (TPSA) is 128 Å².